The van der Waals surface area contributed by atoms with Crippen LogP contribution in [0.2, 0.25) is 0 Å². The standard InChI is InChI=1S/C14H22N2O3/c1-6-7-8-9(17)15-12(19)16(10(8)18)11-13(2,3)14(11,4)5/h8,11H,6-7H2,1-5H3,(H,15,17,19). The van der Waals surface area contributed by atoms with Gasteiger partial charge < -0.3 is 0 Å². The van der Waals surface area contributed by atoms with Gasteiger partial charge >= 0.3 is 6.03 Å². The van der Waals surface area contributed by atoms with Gasteiger partial charge in [0.25, 0.3) is 0 Å². The monoisotopic (exact) mass is 266 g/mol. The van der Waals surface area contributed by atoms with Crippen molar-refractivity contribution in [3.8, 4) is 0 Å². The highest BCUT2D eigenvalue weighted by atomic mass is 16.2. The Balaban J connectivity index is 2.29. The number of amides is 4. The minimum Gasteiger partial charge on any atom is -0.277 e. The van der Waals surface area contributed by atoms with E-state index in [1.807, 2.05) is 34.6 Å². The fourth-order valence-corrected chi connectivity index (χ4v) is 3.23. The molecule has 0 bridgehead atoms. The van der Waals surface area contributed by atoms with Crippen LogP contribution in [0.15, 0.2) is 0 Å². The summed E-state index contributed by atoms with van der Waals surface area (Å²) in [5.41, 5.74) is -0.228. The van der Waals surface area contributed by atoms with Crippen molar-refractivity contribution in [2.75, 3.05) is 0 Å². The first-order valence-electron chi connectivity index (χ1n) is 6.84. The summed E-state index contributed by atoms with van der Waals surface area (Å²) in [6, 6.07) is -0.703. The Morgan fingerprint density at radius 3 is 2.05 bits per heavy atom. The second-order valence-electron chi connectivity index (χ2n) is 6.69. The molecule has 1 saturated heterocycles. The third-order valence-corrected chi connectivity index (χ3v) is 5.08. The first-order chi connectivity index (χ1) is 8.66. The van der Waals surface area contributed by atoms with E-state index in [4.69, 9.17) is 0 Å². The molecule has 106 valence electrons. The van der Waals surface area contributed by atoms with Crippen LogP contribution in [0.3, 0.4) is 0 Å². The lowest BCUT2D eigenvalue weighted by molar-refractivity contribution is -0.143. The van der Waals surface area contributed by atoms with Gasteiger partial charge in [-0.25, -0.2) is 4.79 Å². The molecule has 1 aliphatic carbocycles. The molecule has 19 heavy (non-hydrogen) atoms. The molecule has 2 aliphatic rings. The lowest BCUT2D eigenvalue weighted by Gasteiger charge is -2.31. The number of urea groups is 1. The second-order valence-corrected chi connectivity index (χ2v) is 6.69. The Morgan fingerprint density at radius 1 is 1.11 bits per heavy atom. The Labute approximate surface area is 113 Å². The number of barbiturate groups is 1. The third-order valence-electron chi connectivity index (χ3n) is 5.08. The lowest BCUT2D eigenvalue weighted by Crippen LogP contribution is -2.59. The topological polar surface area (TPSA) is 66.5 Å². The summed E-state index contributed by atoms with van der Waals surface area (Å²) in [6.07, 6.45) is 1.23. The van der Waals surface area contributed by atoms with E-state index in [2.05, 4.69) is 5.32 Å². The van der Waals surface area contributed by atoms with Gasteiger partial charge in [0.05, 0.1) is 6.04 Å². The van der Waals surface area contributed by atoms with E-state index in [-0.39, 0.29) is 22.8 Å². The first kappa shape index (κ1) is 14.0. The molecule has 0 aromatic carbocycles. The second kappa shape index (κ2) is 4.05. The van der Waals surface area contributed by atoms with Gasteiger partial charge in [-0.3, -0.25) is 19.8 Å². The molecule has 0 aromatic rings. The Kier molecular flexibility index (Phi) is 2.99. The van der Waals surface area contributed by atoms with Gasteiger partial charge in [0, 0.05) is 0 Å². The molecule has 1 aliphatic heterocycles. The highest BCUT2D eigenvalue weighted by Gasteiger charge is 2.70. The molecule has 0 spiro atoms. The maximum absolute atomic E-state index is 12.4. The SMILES string of the molecule is CCCC1C(=O)NC(=O)N(C2C(C)(C)C2(C)C)C1=O. The summed E-state index contributed by atoms with van der Waals surface area (Å²) in [5, 5.41) is 2.32. The zero-order valence-corrected chi connectivity index (χ0v) is 12.2. The molecule has 5 heteroatoms. The molecule has 1 heterocycles. The van der Waals surface area contributed by atoms with Crippen molar-refractivity contribution < 1.29 is 14.4 Å². The van der Waals surface area contributed by atoms with E-state index < -0.39 is 17.9 Å². The average molecular weight is 266 g/mol. The van der Waals surface area contributed by atoms with Gasteiger partial charge in [0.2, 0.25) is 11.8 Å². The molecule has 1 N–H and O–H groups in total. The first-order valence-corrected chi connectivity index (χ1v) is 6.84. The van der Waals surface area contributed by atoms with E-state index in [1.165, 1.54) is 4.90 Å². The van der Waals surface area contributed by atoms with E-state index >= 15 is 0 Å². The van der Waals surface area contributed by atoms with Crippen LogP contribution >= 0.6 is 0 Å². The predicted molar refractivity (Wildman–Crippen MR) is 70.1 cm³/mol. The van der Waals surface area contributed by atoms with E-state index in [1.54, 1.807) is 0 Å². The molecule has 0 aromatic heterocycles. The van der Waals surface area contributed by atoms with Crippen molar-refractivity contribution >= 4 is 17.8 Å². The highest BCUT2D eigenvalue weighted by Crippen LogP contribution is 2.65. The van der Waals surface area contributed by atoms with Gasteiger partial charge in [0.1, 0.15) is 5.92 Å². The van der Waals surface area contributed by atoms with Gasteiger partial charge in [-0.2, -0.15) is 0 Å². The summed E-state index contributed by atoms with van der Waals surface area (Å²) in [4.78, 5) is 37.4. The minimum atomic E-state index is -0.713. The molecule has 5 nitrogen and oxygen atoms in total. The number of carbonyl (C=O) groups excluding carboxylic acids is 3. The smallest absolute Gasteiger partial charge is 0.277 e. The number of imide groups is 2. The molecule has 2 fully saturated rings. The van der Waals surface area contributed by atoms with Crippen LogP contribution in [0.4, 0.5) is 4.79 Å². The van der Waals surface area contributed by atoms with Crippen molar-refractivity contribution in [2.24, 2.45) is 16.7 Å². The van der Waals surface area contributed by atoms with Crippen molar-refractivity contribution in [3.05, 3.63) is 0 Å². The third kappa shape index (κ3) is 1.78. The van der Waals surface area contributed by atoms with Gasteiger partial charge in [-0.05, 0) is 17.3 Å². The summed E-state index contributed by atoms with van der Waals surface area (Å²) >= 11 is 0. The van der Waals surface area contributed by atoms with Crippen LogP contribution in [0.5, 0.6) is 0 Å². The Hall–Kier alpha value is -1.39. The van der Waals surface area contributed by atoms with Gasteiger partial charge in [0.15, 0.2) is 0 Å². The molecular formula is C14H22N2O3. The normalized spacial score (nSPS) is 29.4. The summed E-state index contributed by atoms with van der Waals surface area (Å²) in [5.74, 6) is -1.50. The van der Waals surface area contributed by atoms with Crippen molar-refractivity contribution in [1.29, 1.82) is 0 Å². The van der Waals surface area contributed by atoms with Crippen LogP contribution in [-0.2, 0) is 9.59 Å². The minimum absolute atomic E-state index is 0.114. The number of hydrogen-bond acceptors (Lipinski definition) is 3. The number of nitrogens with one attached hydrogen (secondary N) is 1. The van der Waals surface area contributed by atoms with Crippen LogP contribution < -0.4 is 5.32 Å². The van der Waals surface area contributed by atoms with E-state index in [0.29, 0.717) is 6.42 Å². The summed E-state index contributed by atoms with van der Waals surface area (Å²) < 4.78 is 0. The zero-order chi connectivity index (χ0) is 14.6. The number of carbonyl (C=O) groups is 3. The molecular weight excluding hydrogens is 244 g/mol. The van der Waals surface area contributed by atoms with Crippen LogP contribution in [0, 0.1) is 16.7 Å². The fourth-order valence-electron chi connectivity index (χ4n) is 3.23. The Morgan fingerprint density at radius 2 is 1.63 bits per heavy atom. The van der Waals surface area contributed by atoms with Crippen LogP contribution in [0.1, 0.15) is 47.5 Å². The highest BCUT2D eigenvalue weighted by molar-refractivity contribution is 6.16. The Bertz CT molecular complexity index is 440. The van der Waals surface area contributed by atoms with E-state index in [9.17, 15) is 14.4 Å². The molecule has 0 radical (unpaired) electrons. The average Bonchev–Trinajstić information content (AvgIpc) is 2.67. The van der Waals surface area contributed by atoms with Crippen LogP contribution in [0.25, 0.3) is 0 Å². The van der Waals surface area contributed by atoms with Crippen molar-refractivity contribution in [3.63, 3.8) is 0 Å². The largest absolute Gasteiger partial charge is 0.331 e. The molecule has 1 unspecified atom stereocenters. The van der Waals surface area contributed by atoms with E-state index in [0.717, 1.165) is 6.42 Å². The maximum Gasteiger partial charge on any atom is 0.331 e. The maximum atomic E-state index is 12.4. The predicted octanol–water partition coefficient (Wildman–Crippen LogP) is 1.92. The van der Waals surface area contributed by atoms with Crippen molar-refractivity contribution in [2.45, 2.75) is 53.5 Å². The number of hydrogen-bond donors (Lipinski definition) is 1. The van der Waals surface area contributed by atoms with Crippen molar-refractivity contribution in [1.82, 2.24) is 10.2 Å². The molecule has 1 saturated carbocycles. The molecule has 2 rings (SSSR count). The summed E-state index contributed by atoms with van der Waals surface area (Å²) in [7, 11) is 0. The molecule has 1 atom stereocenters. The number of nitrogens with zero attached hydrogens (tertiary/aromatic N) is 1. The lowest BCUT2D eigenvalue weighted by atomic mass is 9.98. The summed E-state index contributed by atoms with van der Waals surface area (Å²) in [6.45, 7) is 10.1. The number of rotatable bonds is 3. The van der Waals surface area contributed by atoms with Gasteiger partial charge in [-0.15, -0.1) is 0 Å². The molecule has 4 amide bonds. The van der Waals surface area contributed by atoms with Gasteiger partial charge in [-0.1, -0.05) is 41.0 Å². The fraction of sp³-hybridized carbons (Fsp3) is 0.786. The quantitative estimate of drug-likeness (QED) is 0.793. The van der Waals surface area contributed by atoms with Crippen LogP contribution in [-0.4, -0.2) is 28.8 Å². The zero-order valence-electron chi connectivity index (χ0n) is 12.2.